The standard InChI is InChI=1S/C10H8F4O2/c11-9(12)1-7(2-9)5(15)8(6(7)16)3-10(13,14)4-8/h1-4H2. The van der Waals surface area contributed by atoms with Crippen molar-refractivity contribution in [3.63, 3.8) is 0 Å². The van der Waals surface area contributed by atoms with Gasteiger partial charge < -0.3 is 0 Å². The molecule has 0 saturated heterocycles. The van der Waals surface area contributed by atoms with Crippen molar-refractivity contribution in [2.45, 2.75) is 37.5 Å². The molecule has 3 aliphatic rings. The van der Waals surface area contributed by atoms with E-state index in [9.17, 15) is 27.2 Å². The van der Waals surface area contributed by atoms with Crippen LogP contribution in [0.25, 0.3) is 0 Å². The van der Waals surface area contributed by atoms with Crippen LogP contribution in [0.2, 0.25) is 0 Å². The summed E-state index contributed by atoms with van der Waals surface area (Å²) >= 11 is 0. The van der Waals surface area contributed by atoms with Crippen molar-refractivity contribution in [1.29, 1.82) is 0 Å². The summed E-state index contributed by atoms with van der Waals surface area (Å²) in [5.74, 6) is -7.33. The number of Topliss-reactive ketones (excluding diaryl/α,β-unsaturated/α-hetero) is 2. The van der Waals surface area contributed by atoms with Crippen LogP contribution < -0.4 is 0 Å². The van der Waals surface area contributed by atoms with Crippen molar-refractivity contribution in [3.8, 4) is 0 Å². The molecule has 0 amide bonds. The molecule has 3 saturated carbocycles. The lowest BCUT2D eigenvalue weighted by molar-refractivity contribution is -0.242. The largest absolute Gasteiger partial charge is 0.297 e. The van der Waals surface area contributed by atoms with Crippen molar-refractivity contribution in [1.82, 2.24) is 0 Å². The minimum absolute atomic E-state index is 0.679. The van der Waals surface area contributed by atoms with Crippen LogP contribution in [0, 0.1) is 10.8 Å². The molecule has 3 fully saturated rings. The molecule has 0 aromatic heterocycles. The fourth-order valence-electron chi connectivity index (χ4n) is 3.36. The molecular formula is C10H8F4O2. The van der Waals surface area contributed by atoms with Crippen molar-refractivity contribution >= 4 is 11.6 Å². The van der Waals surface area contributed by atoms with Gasteiger partial charge in [0, 0.05) is 25.7 Å². The SMILES string of the molecule is O=C1C2(CC(F)(F)C2)C(=O)C12CC(F)(F)C2. The van der Waals surface area contributed by atoms with E-state index in [1.165, 1.54) is 0 Å². The first-order chi connectivity index (χ1) is 7.14. The highest BCUT2D eigenvalue weighted by atomic mass is 19.3. The second kappa shape index (κ2) is 2.19. The first-order valence-corrected chi connectivity index (χ1v) is 4.99. The highest BCUT2D eigenvalue weighted by molar-refractivity contribution is 6.32. The Balaban J connectivity index is 1.82. The minimum Gasteiger partial charge on any atom is -0.297 e. The first-order valence-electron chi connectivity index (χ1n) is 4.99. The van der Waals surface area contributed by atoms with Gasteiger partial charge in [-0.2, -0.15) is 0 Å². The van der Waals surface area contributed by atoms with Crippen LogP contribution in [0.5, 0.6) is 0 Å². The minimum atomic E-state index is -2.99. The Morgan fingerprint density at radius 1 is 0.688 bits per heavy atom. The van der Waals surface area contributed by atoms with Crippen LogP contribution >= 0.6 is 0 Å². The number of carbonyl (C=O) groups is 2. The van der Waals surface area contributed by atoms with E-state index in [-0.39, 0.29) is 0 Å². The number of hydrogen-bond acceptors (Lipinski definition) is 2. The Morgan fingerprint density at radius 2 is 0.938 bits per heavy atom. The van der Waals surface area contributed by atoms with Gasteiger partial charge in [0.25, 0.3) is 11.8 Å². The van der Waals surface area contributed by atoms with Crippen molar-refractivity contribution in [2.24, 2.45) is 10.8 Å². The molecule has 0 bridgehead atoms. The zero-order chi connectivity index (χ0) is 12.0. The molecule has 3 rings (SSSR count). The molecule has 0 aromatic rings. The number of rotatable bonds is 0. The van der Waals surface area contributed by atoms with Crippen molar-refractivity contribution in [2.75, 3.05) is 0 Å². The Morgan fingerprint density at radius 3 is 1.12 bits per heavy atom. The number of alkyl halides is 4. The van der Waals surface area contributed by atoms with Crippen LogP contribution in [-0.4, -0.2) is 23.4 Å². The van der Waals surface area contributed by atoms with E-state index >= 15 is 0 Å². The summed E-state index contributed by atoms with van der Waals surface area (Å²) in [6, 6.07) is 0. The van der Waals surface area contributed by atoms with Gasteiger partial charge in [-0.15, -0.1) is 0 Å². The normalized spacial score (nSPS) is 35.5. The molecule has 0 heterocycles. The Kier molecular flexibility index (Phi) is 1.40. The van der Waals surface area contributed by atoms with Gasteiger partial charge >= 0.3 is 0 Å². The molecule has 6 heteroatoms. The molecular weight excluding hydrogens is 228 g/mol. The smallest absolute Gasteiger partial charge is 0.250 e. The summed E-state index contributed by atoms with van der Waals surface area (Å²) in [6.45, 7) is 0. The Bertz CT molecular complexity index is 355. The van der Waals surface area contributed by atoms with Gasteiger partial charge in [-0.05, 0) is 0 Å². The topological polar surface area (TPSA) is 34.1 Å². The molecule has 3 aliphatic carbocycles. The maximum absolute atomic E-state index is 12.7. The van der Waals surface area contributed by atoms with Crippen LogP contribution in [0.15, 0.2) is 0 Å². The fourth-order valence-corrected chi connectivity index (χ4v) is 3.36. The zero-order valence-corrected chi connectivity index (χ0v) is 8.16. The monoisotopic (exact) mass is 236 g/mol. The van der Waals surface area contributed by atoms with Gasteiger partial charge in [0.15, 0.2) is 11.6 Å². The molecule has 0 aromatic carbocycles. The predicted octanol–water partition coefficient (Wildman–Crippen LogP) is 1.97. The Hall–Kier alpha value is -0.940. The zero-order valence-electron chi connectivity index (χ0n) is 8.16. The lowest BCUT2D eigenvalue weighted by atomic mass is 9.36. The summed E-state index contributed by atoms with van der Waals surface area (Å²) in [6.07, 6.45) is -3.15. The van der Waals surface area contributed by atoms with E-state index in [0.29, 0.717) is 0 Å². The van der Waals surface area contributed by atoms with Gasteiger partial charge in [0.1, 0.15) is 10.8 Å². The lowest BCUT2D eigenvalue weighted by Gasteiger charge is -2.63. The predicted molar refractivity (Wildman–Crippen MR) is 43.2 cm³/mol. The highest BCUT2D eigenvalue weighted by Crippen LogP contribution is 2.71. The maximum atomic E-state index is 12.7. The summed E-state index contributed by atoms with van der Waals surface area (Å²) in [5.41, 5.74) is -3.22. The lowest BCUT2D eigenvalue weighted by Crippen LogP contribution is -2.78. The van der Waals surface area contributed by atoms with E-state index in [4.69, 9.17) is 0 Å². The van der Waals surface area contributed by atoms with Crippen LogP contribution in [-0.2, 0) is 9.59 Å². The van der Waals surface area contributed by atoms with Crippen LogP contribution in [0.1, 0.15) is 25.7 Å². The number of halogens is 4. The number of hydrogen-bond donors (Lipinski definition) is 0. The quantitative estimate of drug-likeness (QED) is 0.476. The molecule has 2 nitrogen and oxygen atoms in total. The van der Waals surface area contributed by atoms with E-state index in [1.54, 1.807) is 0 Å². The van der Waals surface area contributed by atoms with Gasteiger partial charge in [0.05, 0.1) is 0 Å². The molecule has 0 aliphatic heterocycles. The molecule has 0 atom stereocenters. The molecule has 88 valence electrons. The second-order valence-corrected chi connectivity index (χ2v) is 5.24. The number of carbonyl (C=O) groups excluding carboxylic acids is 2. The summed E-state index contributed by atoms with van der Waals surface area (Å²) in [7, 11) is 0. The number of ketones is 2. The van der Waals surface area contributed by atoms with E-state index in [2.05, 4.69) is 0 Å². The third-order valence-corrected chi connectivity index (χ3v) is 3.98. The molecule has 0 unspecified atom stereocenters. The van der Waals surface area contributed by atoms with Crippen molar-refractivity contribution in [3.05, 3.63) is 0 Å². The second-order valence-electron chi connectivity index (χ2n) is 5.24. The maximum Gasteiger partial charge on any atom is 0.250 e. The van der Waals surface area contributed by atoms with Crippen LogP contribution in [0.3, 0.4) is 0 Å². The van der Waals surface area contributed by atoms with Gasteiger partial charge in [-0.1, -0.05) is 0 Å². The fraction of sp³-hybridized carbons (Fsp3) is 0.800. The third kappa shape index (κ3) is 0.858. The third-order valence-electron chi connectivity index (χ3n) is 3.98. The van der Waals surface area contributed by atoms with Gasteiger partial charge in [-0.3, -0.25) is 9.59 Å². The highest BCUT2D eigenvalue weighted by Gasteiger charge is 2.84. The molecule has 0 N–H and O–H groups in total. The molecule has 16 heavy (non-hydrogen) atoms. The summed E-state index contributed by atoms with van der Waals surface area (Å²) in [5, 5.41) is 0. The van der Waals surface area contributed by atoms with E-state index < -0.39 is 59.9 Å². The first kappa shape index (κ1) is 10.2. The van der Waals surface area contributed by atoms with E-state index in [0.717, 1.165) is 0 Å². The molecule has 0 radical (unpaired) electrons. The van der Waals surface area contributed by atoms with Gasteiger partial charge in [0.2, 0.25) is 0 Å². The van der Waals surface area contributed by atoms with E-state index in [1.807, 2.05) is 0 Å². The summed E-state index contributed by atoms with van der Waals surface area (Å²) in [4.78, 5) is 23.3. The average molecular weight is 236 g/mol. The van der Waals surface area contributed by atoms with Crippen LogP contribution in [0.4, 0.5) is 17.6 Å². The summed E-state index contributed by atoms with van der Waals surface area (Å²) < 4.78 is 50.7. The Labute approximate surface area is 88.0 Å². The van der Waals surface area contributed by atoms with Crippen molar-refractivity contribution < 1.29 is 27.2 Å². The molecule has 2 spiro atoms. The van der Waals surface area contributed by atoms with Gasteiger partial charge in [-0.25, -0.2) is 17.6 Å². The average Bonchev–Trinajstić information content (AvgIpc) is 2.07.